The van der Waals surface area contributed by atoms with Crippen LogP contribution >= 0.6 is 0 Å². The van der Waals surface area contributed by atoms with Crippen molar-refractivity contribution in [3.05, 3.63) is 0 Å². The molecule has 1 amide bonds. The molecule has 5 nitrogen and oxygen atoms in total. The fourth-order valence-electron chi connectivity index (χ4n) is 2.36. The molecule has 1 rings (SSSR count). The number of carbonyl (C=O) groups is 2. The molecule has 1 fully saturated rings. The van der Waals surface area contributed by atoms with Crippen LogP contribution in [0.25, 0.3) is 0 Å². The SMILES string of the molecule is CC(CCCC(C)C(=O)O)NC(=O)[C@H]1CCCNC1. The molecule has 0 aromatic rings. The first-order valence-corrected chi connectivity index (χ1v) is 7.24. The summed E-state index contributed by atoms with van der Waals surface area (Å²) in [6.45, 7) is 5.49. The van der Waals surface area contributed by atoms with Crippen molar-refractivity contribution in [1.29, 1.82) is 0 Å². The molecule has 1 aliphatic rings. The van der Waals surface area contributed by atoms with Crippen LogP contribution in [0, 0.1) is 11.8 Å². The van der Waals surface area contributed by atoms with Crippen LogP contribution in [0.4, 0.5) is 0 Å². The summed E-state index contributed by atoms with van der Waals surface area (Å²) < 4.78 is 0. The molecule has 110 valence electrons. The normalized spacial score (nSPS) is 22.5. The van der Waals surface area contributed by atoms with Crippen LogP contribution in [-0.2, 0) is 9.59 Å². The van der Waals surface area contributed by atoms with Crippen molar-refractivity contribution < 1.29 is 14.7 Å². The van der Waals surface area contributed by atoms with Gasteiger partial charge in [0.05, 0.1) is 11.8 Å². The van der Waals surface area contributed by atoms with E-state index in [4.69, 9.17) is 5.11 Å². The van der Waals surface area contributed by atoms with E-state index in [1.165, 1.54) is 0 Å². The number of piperidine rings is 1. The standard InChI is InChI=1S/C14H26N2O3/c1-10(14(18)19)5-3-6-11(2)16-13(17)12-7-4-8-15-9-12/h10-12,15H,3-9H2,1-2H3,(H,16,17)(H,18,19)/t10?,11?,12-/m0/s1. The number of hydrogen-bond donors (Lipinski definition) is 3. The second-order valence-electron chi connectivity index (χ2n) is 5.62. The molecule has 3 atom stereocenters. The number of hydrogen-bond acceptors (Lipinski definition) is 3. The zero-order chi connectivity index (χ0) is 14.3. The fraction of sp³-hybridized carbons (Fsp3) is 0.857. The third-order valence-electron chi connectivity index (χ3n) is 3.75. The Kier molecular flexibility index (Phi) is 6.84. The molecule has 0 aromatic heterocycles. The minimum atomic E-state index is -0.745. The lowest BCUT2D eigenvalue weighted by Crippen LogP contribution is -2.43. The molecule has 19 heavy (non-hydrogen) atoms. The van der Waals surface area contributed by atoms with Crippen molar-refractivity contribution in [2.45, 2.75) is 52.0 Å². The Labute approximate surface area is 115 Å². The predicted molar refractivity (Wildman–Crippen MR) is 73.8 cm³/mol. The summed E-state index contributed by atoms with van der Waals surface area (Å²) in [6.07, 6.45) is 4.35. The Balaban J connectivity index is 2.17. The van der Waals surface area contributed by atoms with E-state index in [1.54, 1.807) is 6.92 Å². The molecular formula is C14H26N2O3. The van der Waals surface area contributed by atoms with Gasteiger partial charge < -0.3 is 15.7 Å². The lowest BCUT2D eigenvalue weighted by Gasteiger charge is -2.24. The molecule has 1 heterocycles. The molecule has 0 spiro atoms. The number of carbonyl (C=O) groups excluding carboxylic acids is 1. The molecule has 1 saturated heterocycles. The van der Waals surface area contributed by atoms with Gasteiger partial charge in [0, 0.05) is 12.6 Å². The Hall–Kier alpha value is -1.10. The van der Waals surface area contributed by atoms with Crippen LogP contribution in [0.3, 0.4) is 0 Å². The largest absolute Gasteiger partial charge is 0.481 e. The van der Waals surface area contributed by atoms with E-state index in [1.807, 2.05) is 6.92 Å². The zero-order valence-corrected chi connectivity index (χ0v) is 11.9. The summed E-state index contributed by atoms with van der Waals surface area (Å²) in [4.78, 5) is 22.7. The predicted octanol–water partition coefficient (Wildman–Crippen LogP) is 1.38. The smallest absolute Gasteiger partial charge is 0.306 e. The summed E-state index contributed by atoms with van der Waals surface area (Å²) in [7, 11) is 0. The summed E-state index contributed by atoms with van der Waals surface area (Å²) in [5, 5.41) is 15.0. The van der Waals surface area contributed by atoms with Gasteiger partial charge in [0.15, 0.2) is 0 Å². The first kappa shape index (κ1) is 16.0. The van der Waals surface area contributed by atoms with Crippen molar-refractivity contribution >= 4 is 11.9 Å². The van der Waals surface area contributed by atoms with Crippen molar-refractivity contribution in [3.63, 3.8) is 0 Å². The van der Waals surface area contributed by atoms with Gasteiger partial charge >= 0.3 is 5.97 Å². The Bertz CT molecular complexity index is 301. The first-order valence-electron chi connectivity index (χ1n) is 7.24. The van der Waals surface area contributed by atoms with Gasteiger partial charge in [0.2, 0.25) is 5.91 Å². The lowest BCUT2D eigenvalue weighted by molar-refractivity contribution is -0.141. The Morgan fingerprint density at radius 2 is 2.11 bits per heavy atom. The third kappa shape index (κ3) is 6.05. The van der Waals surface area contributed by atoms with Crippen molar-refractivity contribution in [2.75, 3.05) is 13.1 Å². The second-order valence-corrected chi connectivity index (χ2v) is 5.62. The lowest BCUT2D eigenvalue weighted by atomic mass is 9.97. The fourth-order valence-corrected chi connectivity index (χ4v) is 2.36. The van der Waals surface area contributed by atoms with Crippen molar-refractivity contribution in [3.8, 4) is 0 Å². The molecule has 3 N–H and O–H groups in total. The molecule has 5 heteroatoms. The molecule has 0 radical (unpaired) electrons. The highest BCUT2D eigenvalue weighted by molar-refractivity contribution is 5.79. The number of carboxylic acids is 1. The topological polar surface area (TPSA) is 78.4 Å². The molecular weight excluding hydrogens is 244 g/mol. The van der Waals surface area contributed by atoms with Crippen LogP contribution in [0.5, 0.6) is 0 Å². The van der Waals surface area contributed by atoms with Crippen LogP contribution in [0.1, 0.15) is 46.0 Å². The minimum Gasteiger partial charge on any atom is -0.481 e. The van der Waals surface area contributed by atoms with Gasteiger partial charge in [0.25, 0.3) is 0 Å². The van der Waals surface area contributed by atoms with Gasteiger partial charge in [-0.1, -0.05) is 13.3 Å². The summed E-state index contributed by atoms with van der Waals surface area (Å²) in [5.74, 6) is -0.824. The van der Waals surface area contributed by atoms with Crippen LogP contribution < -0.4 is 10.6 Å². The molecule has 1 aliphatic heterocycles. The summed E-state index contributed by atoms with van der Waals surface area (Å²) >= 11 is 0. The maximum absolute atomic E-state index is 12.0. The number of carboxylic acid groups (broad SMARTS) is 1. The van der Waals surface area contributed by atoms with Gasteiger partial charge in [-0.2, -0.15) is 0 Å². The van der Waals surface area contributed by atoms with E-state index < -0.39 is 5.97 Å². The molecule has 2 unspecified atom stereocenters. The number of rotatable bonds is 7. The zero-order valence-electron chi connectivity index (χ0n) is 11.9. The van der Waals surface area contributed by atoms with Crippen LogP contribution in [0.2, 0.25) is 0 Å². The van der Waals surface area contributed by atoms with E-state index in [9.17, 15) is 9.59 Å². The quantitative estimate of drug-likeness (QED) is 0.653. The average Bonchev–Trinajstić information content (AvgIpc) is 2.39. The van der Waals surface area contributed by atoms with Gasteiger partial charge in [-0.3, -0.25) is 9.59 Å². The van der Waals surface area contributed by atoms with E-state index in [0.717, 1.165) is 38.8 Å². The highest BCUT2D eigenvalue weighted by atomic mass is 16.4. The summed E-state index contributed by atoms with van der Waals surface area (Å²) in [6, 6.07) is 0.121. The van der Waals surface area contributed by atoms with Gasteiger partial charge in [0.1, 0.15) is 0 Å². The second kappa shape index (κ2) is 8.15. The van der Waals surface area contributed by atoms with E-state index >= 15 is 0 Å². The number of nitrogens with one attached hydrogen (secondary N) is 2. The van der Waals surface area contributed by atoms with Crippen LogP contribution in [-0.4, -0.2) is 36.1 Å². The molecule has 0 aromatic carbocycles. The third-order valence-corrected chi connectivity index (χ3v) is 3.75. The van der Waals surface area contributed by atoms with Crippen molar-refractivity contribution in [2.24, 2.45) is 11.8 Å². The summed E-state index contributed by atoms with van der Waals surface area (Å²) in [5.41, 5.74) is 0. The minimum absolute atomic E-state index is 0.0918. The number of aliphatic carboxylic acids is 1. The van der Waals surface area contributed by atoms with E-state index in [0.29, 0.717) is 6.42 Å². The average molecular weight is 270 g/mol. The molecule has 0 saturated carbocycles. The van der Waals surface area contributed by atoms with E-state index in [2.05, 4.69) is 10.6 Å². The molecule has 0 aliphatic carbocycles. The molecule has 0 bridgehead atoms. The van der Waals surface area contributed by atoms with Crippen LogP contribution in [0.15, 0.2) is 0 Å². The maximum atomic E-state index is 12.0. The Morgan fingerprint density at radius 3 is 2.68 bits per heavy atom. The van der Waals surface area contributed by atoms with Gasteiger partial charge in [-0.25, -0.2) is 0 Å². The van der Waals surface area contributed by atoms with Crippen molar-refractivity contribution in [1.82, 2.24) is 10.6 Å². The maximum Gasteiger partial charge on any atom is 0.306 e. The highest BCUT2D eigenvalue weighted by Crippen LogP contribution is 2.12. The number of amides is 1. The first-order chi connectivity index (χ1) is 9.00. The Morgan fingerprint density at radius 1 is 1.37 bits per heavy atom. The van der Waals surface area contributed by atoms with Gasteiger partial charge in [-0.05, 0) is 39.2 Å². The highest BCUT2D eigenvalue weighted by Gasteiger charge is 2.21. The van der Waals surface area contributed by atoms with E-state index in [-0.39, 0.29) is 23.8 Å². The van der Waals surface area contributed by atoms with Gasteiger partial charge in [-0.15, -0.1) is 0 Å². The monoisotopic (exact) mass is 270 g/mol.